The van der Waals surface area contributed by atoms with Gasteiger partial charge in [-0.2, -0.15) is 5.48 Å². The molecule has 0 bridgehead atoms. The van der Waals surface area contributed by atoms with Crippen LogP contribution in [0.25, 0.3) is 0 Å². The van der Waals surface area contributed by atoms with Crippen molar-refractivity contribution < 1.29 is 9.23 Å². The highest BCUT2D eigenvalue weighted by Gasteiger charge is 2.11. The van der Waals surface area contributed by atoms with Crippen LogP contribution in [0.2, 0.25) is 5.02 Å². The Bertz CT molecular complexity index is 336. The zero-order chi connectivity index (χ0) is 11.5. The Hall–Kier alpha value is -0.640. The van der Waals surface area contributed by atoms with Gasteiger partial charge in [-0.1, -0.05) is 23.7 Å². The Morgan fingerprint density at radius 2 is 2.07 bits per heavy atom. The van der Waals surface area contributed by atoms with Gasteiger partial charge in [0.1, 0.15) is 5.82 Å². The lowest BCUT2D eigenvalue weighted by Gasteiger charge is -2.19. The summed E-state index contributed by atoms with van der Waals surface area (Å²) < 4.78 is 13.0. The molecule has 0 spiro atoms. The van der Waals surface area contributed by atoms with Crippen molar-refractivity contribution in [1.29, 1.82) is 0 Å². The minimum absolute atomic E-state index is 0.141. The van der Waals surface area contributed by atoms with E-state index in [2.05, 4.69) is 5.48 Å². The van der Waals surface area contributed by atoms with E-state index in [-0.39, 0.29) is 10.6 Å². The van der Waals surface area contributed by atoms with Crippen LogP contribution in [0.5, 0.6) is 0 Å². The average Bonchev–Trinajstić information content (AvgIpc) is 2.10. The van der Waals surface area contributed by atoms with Crippen molar-refractivity contribution in [3.8, 4) is 0 Å². The fraction of sp³-hybridized carbons (Fsp3) is 0.455. The van der Waals surface area contributed by atoms with Gasteiger partial charge in [0, 0.05) is 6.54 Å². The fourth-order valence-electron chi connectivity index (χ4n) is 1.02. The van der Waals surface area contributed by atoms with Gasteiger partial charge in [-0.25, -0.2) is 4.39 Å². The molecule has 0 fully saturated rings. The van der Waals surface area contributed by atoms with Crippen molar-refractivity contribution in [1.82, 2.24) is 5.48 Å². The molecule has 1 aromatic rings. The normalized spacial score (nSPS) is 11.8. The number of nitrogens with one attached hydrogen (secondary N) is 1. The average molecular weight is 232 g/mol. The topological polar surface area (TPSA) is 21.3 Å². The molecule has 0 unspecified atom stereocenters. The molecule has 84 valence electrons. The van der Waals surface area contributed by atoms with Crippen LogP contribution < -0.4 is 5.48 Å². The van der Waals surface area contributed by atoms with Crippen molar-refractivity contribution >= 4 is 11.6 Å². The van der Waals surface area contributed by atoms with Gasteiger partial charge in [-0.3, -0.25) is 4.84 Å². The van der Waals surface area contributed by atoms with Gasteiger partial charge in [0.2, 0.25) is 0 Å². The molecule has 0 atom stereocenters. The number of benzene rings is 1. The van der Waals surface area contributed by atoms with Gasteiger partial charge in [-0.15, -0.1) is 0 Å². The highest BCUT2D eigenvalue weighted by Crippen LogP contribution is 2.19. The predicted molar refractivity (Wildman–Crippen MR) is 59.1 cm³/mol. The van der Waals surface area contributed by atoms with E-state index in [0.717, 1.165) is 0 Å². The van der Waals surface area contributed by atoms with Crippen LogP contribution in [0.3, 0.4) is 0 Å². The first-order chi connectivity index (χ1) is 6.90. The van der Waals surface area contributed by atoms with E-state index < -0.39 is 5.82 Å². The van der Waals surface area contributed by atoms with E-state index in [1.54, 1.807) is 12.1 Å². The van der Waals surface area contributed by atoms with E-state index in [9.17, 15) is 4.39 Å². The molecule has 0 saturated carbocycles. The largest absolute Gasteiger partial charge is 0.296 e. The van der Waals surface area contributed by atoms with Crippen molar-refractivity contribution in [3.05, 3.63) is 34.6 Å². The molecule has 0 aliphatic carbocycles. The van der Waals surface area contributed by atoms with Crippen molar-refractivity contribution in [2.24, 2.45) is 0 Å². The summed E-state index contributed by atoms with van der Waals surface area (Å²) in [5.74, 6) is -0.410. The fourth-order valence-corrected chi connectivity index (χ4v) is 1.21. The summed E-state index contributed by atoms with van der Waals surface area (Å²) in [4.78, 5) is 5.30. The number of halogens is 2. The molecule has 15 heavy (non-hydrogen) atoms. The second-order valence-electron chi connectivity index (χ2n) is 4.25. The first-order valence-electron chi connectivity index (χ1n) is 4.74. The van der Waals surface area contributed by atoms with Crippen molar-refractivity contribution in [2.75, 3.05) is 0 Å². The maximum absolute atomic E-state index is 13.0. The molecular formula is C11H15ClFNO. The van der Waals surface area contributed by atoms with Crippen LogP contribution in [0, 0.1) is 5.82 Å². The molecule has 0 aliphatic rings. The van der Waals surface area contributed by atoms with Gasteiger partial charge >= 0.3 is 0 Å². The molecule has 1 rings (SSSR count). The lowest BCUT2D eigenvalue weighted by Crippen LogP contribution is -2.28. The van der Waals surface area contributed by atoms with Crippen LogP contribution in [0.4, 0.5) is 4.39 Å². The number of rotatable bonds is 3. The second-order valence-corrected chi connectivity index (χ2v) is 4.63. The summed E-state index contributed by atoms with van der Waals surface area (Å²) in [5, 5.41) is 0.141. The third-order valence-corrected chi connectivity index (χ3v) is 2.10. The summed E-state index contributed by atoms with van der Waals surface area (Å²) >= 11 is 5.77. The Kier molecular flexibility index (Phi) is 4.08. The van der Waals surface area contributed by atoms with Crippen LogP contribution in [0.1, 0.15) is 26.3 Å². The molecule has 0 aliphatic heterocycles. The quantitative estimate of drug-likeness (QED) is 0.806. The zero-order valence-electron chi connectivity index (χ0n) is 9.10. The summed E-state index contributed by atoms with van der Waals surface area (Å²) in [6, 6.07) is 4.70. The standard InChI is InChI=1S/C11H15ClFNO/c1-11(2,3)15-14-7-8-5-4-6-9(13)10(8)12/h4-6,14H,7H2,1-3H3. The van der Waals surface area contributed by atoms with Gasteiger partial charge in [0.25, 0.3) is 0 Å². The summed E-state index contributed by atoms with van der Waals surface area (Å²) in [6.07, 6.45) is 0. The molecular weight excluding hydrogens is 217 g/mol. The van der Waals surface area contributed by atoms with Crippen LogP contribution in [-0.4, -0.2) is 5.60 Å². The molecule has 0 saturated heterocycles. The highest BCUT2D eigenvalue weighted by molar-refractivity contribution is 6.31. The lowest BCUT2D eigenvalue weighted by atomic mass is 10.2. The Morgan fingerprint density at radius 3 is 2.67 bits per heavy atom. The smallest absolute Gasteiger partial charge is 0.142 e. The molecule has 2 nitrogen and oxygen atoms in total. The first kappa shape index (κ1) is 12.4. The van der Waals surface area contributed by atoms with E-state index in [4.69, 9.17) is 16.4 Å². The van der Waals surface area contributed by atoms with Crippen molar-refractivity contribution in [3.63, 3.8) is 0 Å². The van der Waals surface area contributed by atoms with Crippen LogP contribution in [0.15, 0.2) is 18.2 Å². The summed E-state index contributed by atoms with van der Waals surface area (Å²) in [5.41, 5.74) is 3.16. The molecule has 0 aromatic heterocycles. The molecule has 0 heterocycles. The zero-order valence-corrected chi connectivity index (χ0v) is 9.86. The Balaban J connectivity index is 2.55. The molecule has 1 N–H and O–H groups in total. The molecule has 0 amide bonds. The van der Waals surface area contributed by atoms with Gasteiger partial charge in [0.15, 0.2) is 0 Å². The van der Waals surface area contributed by atoms with Gasteiger partial charge in [0.05, 0.1) is 10.6 Å². The van der Waals surface area contributed by atoms with E-state index in [1.807, 2.05) is 20.8 Å². The van der Waals surface area contributed by atoms with Crippen molar-refractivity contribution in [2.45, 2.75) is 32.9 Å². The summed E-state index contributed by atoms with van der Waals surface area (Å²) in [7, 11) is 0. The number of hydrogen-bond acceptors (Lipinski definition) is 2. The first-order valence-corrected chi connectivity index (χ1v) is 5.12. The Labute approximate surface area is 94.3 Å². The lowest BCUT2D eigenvalue weighted by molar-refractivity contribution is -0.0757. The maximum Gasteiger partial charge on any atom is 0.142 e. The number of hydroxylamine groups is 1. The van der Waals surface area contributed by atoms with Crippen LogP contribution >= 0.6 is 11.6 Å². The monoisotopic (exact) mass is 231 g/mol. The van der Waals surface area contributed by atoms with E-state index >= 15 is 0 Å². The van der Waals surface area contributed by atoms with E-state index in [0.29, 0.717) is 12.1 Å². The molecule has 1 aromatic carbocycles. The minimum Gasteiger partial charge on any atom is -0.296 e. The molecule has 0 radical (unpaired) electrons. The van der Waals surface area contributed by atoms with Gasteiger partial charge < -0.3 is 0 Å². The number of hydrogen-bond donors (Lipinski definition) is 1. The van der Waals surface area contributed by atoms with Crippen LogP contribution in [-0.2, 0) is 11.4 Å². The highest BCUT2D eigenvalue weighted by atomic mass is 35.5. The maximum atomic E-state index is 13.0. The summed E-state index contributed by atoms with van der Waals surface area (Å²) in [6.45, 7) is 6.15. The Morgan fingerprint density at radius 1 is 1.40 bits per heavy atom. The third-order valence-electron chi connectivity index (χ3n) is 1.67. The predicted octanol–water partition coefficient (Wildman–Crippen LogP) is 3.30. The van der Waals surface area contributed by atoms with E-state index in [1.165, 1.54) is 6.07 Å². The third kappa shape index (κ3) is 4.16. The minimum atomic E-state index is -0.410. The van der Waals surface area contributed by atoms with Gasteiger partial charge in [-0.05, 0) is 32.4 Å². The SMILES string of the molecule is CC(C)(C)ONCc1cccc(F)c1Cl. The molecule has 4 heteroatoms. The second kappa shape index (κ2) is 4.92.